The summed E-state index contributed by atoms with van der Waals surface area (Å²) in [7, 11) is 0. The minimum Gasteiger partial charge on any atom is -0.478 e. The summed E-state index contributed by atoms with van der Waals surface area (Å²) >= 11 is 0. The van der Waals surface area contributed by atoms with E-state index >= 15 is 0 Å². The van der Waals surface area contributed by atoms with Crippen LogP contribution in [0.15, 0.2) is 73.4 Å². The quantitative estimate of drug-likeness (QED) is 0.707. The first-order valence-corrected chi connectivity index (χ1v) is 7.59. The number of carboxylic acid groups (broad SMARTS) is 1. The van der Waals surface area contributed by atoms with Crippen molar-refractivity contribution in [2.24, 2.45) is 0 Å². The first-order valence-electron chi connectivity index (χ1n) is 7.59. The van der Waals surface area contributed by atoms with Gasteiger partial charge in [0.2, 0.25) is 11.6 Å². The molecule has 1 atom stereocenters. The van der Waals surface area contributed by atoms with E-state index in [2.05, 4.69) is 5.32 Å². The maximum Gasteiger partial charge on any atom is 0.354 e. The van der Waals surface area contributed by atoms with E-state index < -0.39 is 23.6 Å². The molecule has 2 rings (SSSR count). The molecule has 0 saturated carbocycles. The van der Waals surface area contributed by atoms with Gasteiger partial charge in [0.05, 0.1) is 0 Å². The molecule has 2 aliphatic heterocycles. The second kappa shape index (κ2) is 7.96. The van der Waals surface area contributed by atoms with Gasteiger partial charge in [0, 0.05) is 31.7 Å². The summed E-state index contributed by atoms with van der Waals surface area (Å²) in [5.41, 5.74) is -1.93. The lowest BCUT2D eigenvalue weighted by atomic mass is 9.96. The Morgan fingerprint density at radius 3 is 1.60 bits per heavy atom. The van der Waals surface area contributed by atoms with E-state index in [1.165, 1.54) is 41.5 Å². The Bertz CT molecular complexity index is 646. The maximum atomic E-state index is 12.5. The molecule has 0 saturated heterocycles. The summed E-state index contributed by atoms with van der Waals surface area (Å²) < 4.78 is 0. The number of carbonyl (C=O) groups excluding carboxylic acids is 2. The number of amides is 1. The van der Waals surface area contributed by atoms with Gasteiger partial charge in [-0.05, 0) is 24.3 Å². The first kappa shape index (κ1) is 18.0. The van der Waals surface area contributed by atoms with Gasteiger partial charge in [0.1, 0.15) is 12.3 Å². The highest BCUT2D eigenvalue weighted by Gasteiger charge is 2.54. The molecular formula is C18H19N3O4. The third-order valence-corrected chi connectivity index (χ3v) is 3.68. The molecule has 2 N–H and O–H groups in total. The monoisotopic (exact) mass is 341 g/mol. The van der Waals surface area contributed by atoms with Gasteiger partial charge in [0.15, 0.2) is 0 Å². The fraction of sp³-hybridized carbons (Fsp3) is 0.167. The number of aliphatic carboxylic acids is 1. The molecule has 2 heterocycles. The van der Waals surface area contributed by atoms with Crippen LogP contribution in [0.1, 0.15) is 6.92 Å². The van der Waals surface area contributed by atoms with Crippen molar-refractivity contribution in [3.05, 3.63) is 73.4 Å². The van der Waals surface area contributed by atoms with Crippen molar-refractivity contribution in [1.29, 1.82) is 0 Å². The van der Waals surface area contributed by atoms with E-state index in [1.807, 2.05) is 0 Å². The van der Waals surface area contributed by atoms with Crippen LogP contribution < -0.4 is 5.32 Å². The molecule has 130 valence electrons. The van der Waals surface area contributed by atoms with Crippen LogP contribution in [0.4, 0.5) is 0 Å². The Morgan fingerprint density at radius 1 is 0.920 bits per heavy atom. The van der Waals surface area contributed by atoms with Gasteiger partial charge in [-0.2, -0.15) is 0 Å². The van der Waals surface area contributed by atoms with Gasteiger partial charge in [-0.1, -0.05) is 24.3 Å². The summed E-state index contributed by atoms with van der Waals surface area (Å²) in [5.74, 6) is -1.81. The Kier molecular flexibility index (Phi) is 5.73. The Labute approximate surface area is 145 Å². The van der Waals surface area contributed by atoms with Crippen LogP contribution in [-0.2, 0) is 14.4 Å². The van der Waals surface area contributed by atoms with Crippen molar-refractivity contribution in [2.45, 2.75) is 18.6 Å². The molecular weight excluding hydrogens is 322 g/mol. The second-order valence-electron chi connectivity index (χ2n) is 5.30. The Morgan fingerprint density at radius 2 is 1.32 bits per heavy atom. The lowest BCUT2D eigenvalue weighted by Gasteiger charge is -2.46. The average molecular weight is 341 g/mol. The van der Waals surface area contributed by atoms with Crippen molar-refractivity contribution in [3.8, 4) is 0 Å². The molecule has 0 fully saturated rings. The van der Waals surface area contributed by atoms with Gasteiger partial charge >= 0.3 is 5.97 Å². The molecule has 0 aromatic carbocycles. The number of hydrogen-bond acceptors (Lipinski definition) is 5. The third kappa shape index (κ3) is 3.60. The fourth-order valence-electron chi connectivity index (χ4n) is 2.64. The highest BCUT2D eigenvalue weighted by Crippen LogP contribution is 2.29. The molecule has 1 amide bonds. The molecule has 2 aliphatic rings. The summed E-state index contributed by atoms with van der Waals surface area (Å²) in [6, 6.07) is -1.35. The minimum atomic E-state index is -1.93. The first-order chi connectivity index (χ1) is 12.0. The number of carbonyl (C=O) groups is 3. The average Bonchev–Trinajstić information content (AvgIpc) is 2.99. The van der Waals surface area contributed by atoms with Crippen molar-refractivity contribution in [2.75, 3.05) is 0 Å². The smallest absolute Gasteiger partial charge is 0.354 e. The van der Waals surface area contributed by atoms with Crippen molar-refractivity contribution in [1.82, 2.24) is 15.1 Å². The Balaban J connectivity index is 2.67. The molecule has 0 aliphatic carbocycles. The van der Waals surface area contributed by atoms with Crippen LogP contribution in [0.5, 0.6) is 0 Å². The van der Waals surface area contributed by atoms with Crippen molar-refractivity contribution in [3.63, 3.8) is 0 Å². The summed E-state index contributed by atoms with van der Waals surface area (Å²) in [5, 5.41) is 12.6. The number of hydrogen-bond donors (Lipinski definition) is 2. The van der Waals surface area contributed by atoms with Crippen molar-refractivity contribution < 1.29 is 19.5 Å². The van der Waals surface area contributed by atoms with Gasteiger partial charge in [0.25, 0.3) is 0 Å². The Hall–Kier alpha value is -3.35. The number of allylic oxidation sites excluding steroid dienone is 8. The number of carboxylic acids is 1. The standard InChI is InChI=1S/C18H19N3O4/c1-15(23)19-16(14-22)18(17(24)25,20-10-6-2-3-7-11-20)21-12-8-4-5-9-13-21/h2-14,16H,1H3,(H,19,23)(H,24,25). The molecule has 0 aromatic heterocycles. The van der Waals surface area contributed by atoms with E-state index in [1.54, 1.807) is 48.6 Å². The summed E-state index contributed by atoms with van der Waals surface area (Å²) in [4.78, 5) is 38.6. The number of rotatable bonds is 6. The molecule has 1 unspecified atom stereocenters. The molecule has 7 nitrogen and oxygen atoms in total. The maximum absolute atomic E-state index is 12.5. The third-order valence-electron chi connectivity index (χ3n) is 3.68. The van der Waals surface area contributed by atoms with Gasteiger partial charge in [-0.15, -0.1) is 0 Å². The van der Waals surface area contributed by atoms with E-state index in [0.717, 1.165) is 0 Å². The summed E-state index contributed by atoms with van der Waals surface area (Å²) in [6.45, 7) is 1.23. The lowest BCUT2D eigenvalue weighted by molar-refractivity contribution is -0.161. The van der Waals surface area contributed by atoms with Crippen LogP contribution in [0.3, 0.4) is 0 Å². The predicted octanol–water partition coefficient (Wildman–Crippen LogP) is 1.27. The van der Waals surface area contributed by atoms with Gasteiger partial charge in [-0.3, -0.25) is 4.79 Å². The molecule has 25 heavy (non-hydrogen) atoms. The predicted molar refractivity (Wildman–Crippen MR) is 92.6 cm³/mol. The number of nitrogens with zero attached hydrogens (tertiary/aromatic N) is 2. The fourth-order valence-corrected chi connectivity index (χ4v) is 2.64. The van der Waals surface area contributed by atoms with E-state index in [4.69, 9.17) is 0 Å². The van der Waals surface area contributed by atoms with Crippen LogP contribution in [0.2, 0.25) is 0 Å². The molecule has 0 aromatic rings. The normalized spacial score (nSPS) is 17.2. The highest BCUT2D eigenvalue weighted by atomic mass is 16.4. The molecule has 7 heteroatoms. The largest absolute Gasteiger partial charge is 0.478 e. The second-order valence-corrected chi connectivity index (χ2v) is 5.30. The van der Waals surface area contributed by atoms with E-state index in [9.17, 15) is 19.5 Å². The topological polar surface area (TPSA) is 89.9 Å². The van der Waals surface area contributed by atoms with Gasteiger partial charge < -0.3 is 25.0 Å². The molecule has 0 bridgehead atoms. The highest BCUT2D eigenvalue weighted by molar-refractivity contribution is 5.88. The van der Waals surface area contributed by atoms with Gasteiger partial charge in [-0.25, -0.2) is 4.79 Å². The van der Waals surface area contributed by atoms with Crippen LogP contribution in [-0.4, -0.2) is 44.8 Å². The van der Waals surface area contributed by atoms with Crippen LogP contribution >= 0.6 is 0 Å². The molecule has 0 spiro atoms. The molecule has 0 radical (unpaired) electrons. The zero-order valence-electron chi connectivity index (χ0n) is 13.6. The number of nitrogens with one attached hydrogen (secondary N) is 1. The van der Waals surface area contributed by atoms with E-state index in [0.29, 0.717) is 6.29 Å². The zero-order chi connectivity index (χ0) is 18.3. The number of aldehydes is 1. The SMILES string of the molecule is CC(=O)NC(C=O)C(C(=O)O)(N1C=CC=CC=C1)N1C=CC=CC=C1. The zero-order valence-corrected chi connectivity index (χ0v) is 13.6. The van der Waals surface area contributed by atoms with Crippen LogP contribution in [0, 0.1) is 0 Å². The lowest BCUT2D eigenvalue weighted by Crippen LogP contribution is -2.70. The summed E-state index contributed by atoms with van der Waals surface area (Å²) in [6.07, 6.45) is 20.1. The van der Waals surface area contributed by atoms with E-state index in [-0.39, 0.29) is 0 Å². The minimum absolute atomic E-state index is 0.426. The van der Waals surface area contributed by atoms with Crippen LogP contribution in [0.25, 0.3) is 0 Å². The van der Waals surface area contributed by atoms with Crippen molar-refractivity contribution >= 4 is 18.2 Å².